The molecule has 2 aromatic carbocycles. The van der Waals surface area contributed by atoms with Crippen LogP contribution in [0.1, 0.15) is 68.7 Å². The summed E-state index contributed by atoms with van der Waals surface area (Å²) in [5.41, 5.74) is 15.1. The first-order chi connectivity index (χ1) is 37.5. The molecular weight excluding hydrogens is 1040 g/mol. The molecule has 1 aliphatic rings. The molecule has 5 unspecified atom stereocenters. The number of hydrogen-bond acceptors (Lipinski definition) is 15. The van der Waals surface area contributed by atoms with Crippen molar-refractivity contribution in [3.8, 4) is 11.1 Å². The molecule has 0 radical (unpaired) electrons. The second-order valence-corrected chi connectivity index (χ2v) is 18.3. The van der Waals surface area contributed by atoms with E-state index in [1.165, 1.54) is 12.5 Å². The summed E-state index contributed by atoms with van der Waals surface area (Å²) < 4.78 is 5.39. The minimum absolute atomic E-state index is 0.00510. The summed E-state index contributed by atoms with van der Waals surface area (Å²) in [5, 5.41) is 48.9. The number of aromatic nitrogens is 2. The van der Waals surface area contributed by atoms with Gasteiger partial charge in [-0.15, -0.1) is 0 Å². The number of nitrogens with one attached hydrogen (secondary N) is 10. The van der Waals surface area contributed by atoms with Gasteiger partial charge in [-0.05, 0) is 47.4 Å². The highest BCUT2D eigenvalue weighted by molar-refractivity contribution is 5.98. The number of carboxylic acid groups (broad SMARTS) is 3. The average Bonchev–Trinajstić information content (AvgIpc) is 4.08. The number of aliphatic carboxylic acids is 3. The molecule has 30 nitrogen and oxygen atoms in total. The van der Waals surface area contributed by atoms with Gasteiger partial charge in [0.15, 0.2) is 5.96 Å². The second-order valence-electron chi connectivity index (χ2n) is 18.3. The number of hydrogen-bond donors (Lipinski definition) is 15. The summed E-state index contributed by atoms with van der Waals surface area (Å²) in [4.78, 5) is 163. The highest BCUT2D eigenvalue weighted by Gasteiger charge is 2.34. The molecule has 30 heteroatoms. The fourth-order valence-corrected chi connectivity index (χ4v) is 7.94. The third kappa shape index (κ3) is 21.1. The number of nitrogens with zero attached hydrogens (tertiary/aromatic N) is 2. The zero-order chi connectivity index (χ0) is 58.2. The van der Waals surface area contributed by atoms with Crippen molar-refractivity contribution in [2.24, 2.45) is 22.4 Å². The Morgan fingerprint density at radius 2 is 1.11 bits per heavy atom. The summed E-state index contributed by atoms with van der Waals surface area (Å²) in [6.07, 6.45) is -0.852. The summed E-state index contributed by atoms with van der Waals surface area (Å²) in [6.45, 7) is 0.399. The normalized spacial score (nSPS) is 13.2. The standard InChI is InChI=1S/C49H64N14O16/c1-25(2)14-36(47(76)77)63-46(75)35(17-42(70)71)62-45(74)33(15-26-18-52-24-58-26)61-44(73)32(12-7-13-53-48(50)51)59-40(67)22-56-43(72)34(16-41(68)69)60-39(66)21-55-37(64)19-54-38(65)20-57-49(78)79-23-31-29-10-5-3-8-27(29)28-9-4-6-11-30(28)31/h3-6,8-11,18,24-25,31-36H,7,12-17,19-23H2,1-2H3,(H,52,58)(H,54,65)(H,55,64)(H,56,72)(H,57,78)(H,59,67)(H,60,66)(H,61,73)(H,62,74)(H,63,75)(H,68,69)(H,70,71)(H,76,77)(H4,50,51,53). The molecule has 17 N–H and O–H groups in total. The van der Waals surface area contributed by atoms with Crippen LogP contribution < -0.4 is 59.3 Å². The zero-order valence-corrected chi connectivity index (χ0v) is 43.0. The molecule has 0 aliphatic heterocycles. The molecule has 0 fully saturated rings. The van der Waals surface area contributed by atoms with Crippen LogP contribution in [0, 0.1) is 5.92 Å². The maximum atomic E-state index is 13.9. The molecule has 1 aromatic heterocycles. The summed E-state index contributed by atoms with van der Waals surface area (Å²) >= 11 is 0. The first-order valence-corrected chi connectivity index (χ1v) is 24.6. The van der Waals surface area contributed by atoms with Gasteiger partial charge < -0.3 is 84.4 Å². The number of H-pyrrole nitrogens is 1. The molecule has 1 heterocycles. The van der Waals surface area contributed by atoms with Crippen molar-refractivity contribution in [2.45, 2.75) is 88.5 Å². The van der Waals surface area contributed by atoms with Crippen molar-refractivity contribution in [3.05, 3.63) is 77.9 Å². The average molecular weight is 1110 g/mol. The number of rotatable bonds is 32. The van der Waals surface area contributed by atoms with E-state index in [1.54, 1.807) is 13.8 Å². The number of carboxylic acids is 3. The third-order valence-electron chi connectivity index (χ3n) is 11.6. The lowest BCUT2D eigenvalue weighted by molar-refractivity contribution is -0.144. The molecule has 0 spiro atoms. The van der Waals surface area contributed by atoms with E-state index in [4.69, 9.17) is 16.2 Å². The van der Waals surface area contributed by atoms with E-state index in [0.29, 0.717) is 0 Å². The Hall–Kier alpha value is -9.64. The number of carbonyl (C=O) groups is 12. The predicted octanol–water partition coefficient (Wildman–Crippen LogP) is -3.60. The smallest absolute Gasteiger partial charge is 0.407 e. The Balaban J connectivity index is 1.29. The molecule has 0 bridgehead atoms. The van der Waals surface area contributed by atoms with Crippen LogP contribution in [0.2, 0.25) is 0 Å². The predicted molar refractivity (Wildman–Crippen MR) is 276 cm³/mol. The highest BCUT2D eigenvalue weighted by Crippen LogP contribution is 2.44. The Bertz CT molecular complexity index is 2690. The number of fused-ring (bicyclic) bond motifs is 3. The van der Waals surface area contributed by atoms with Crippen molar-refractivity contribution in [1.29, 1.82) is 0 Å². The lowest BCUT2D eigenvalue weighted by Crippen LogP contribution is -2.59. The van der Waals surface area contributed by atoms with Gasteiger partial charge in [-0.25, -0.2) is 14.6 Å². The first kappa shape index (κ1) is 61.9. The number of guanidine groups is 1. The van der Waals surface area contributed by atoms with E-state index >= 15 is 0 Å². The van der Waals surface area contributed by atoms with E-state index in [2.05, 4.69) is 62.8 Å². The zero-order valence-electron chi connectivity index (χ0n) is 43.0. The number of aliphatic imine (C=N–C) groups is 1. The minimum Gasteiger partial charge on any atom is -0.481 e. The van der Waals surface area contributed by atoms with E-state index in [1.807, 2.05) is 48.5 Å². The highest BCUT2D eigenvalue weighted by atomic mass is 16.5. The van der Waals surface area contributed by atoms with Gasteiger partial charge in [-0.2, -0.15) is 0 Å². The lowest BCUT2D eigenvalue weighted by Gasteiger charge is -2.26. The molecule has 9 amide bonds. The number of nitrogens with two attached hydrogens (primary N) is 2. The van der Waals surface area contributed by atoms with Crippen LogP contribution in [0.15, 0.2) is 66.0 Å². The lowest BCUT2D eigenvalue weighted by atomic mass is 9.98. The molecule has 79 heavy (non-hydrogen) atoms. The van der Waals surface area contributed by atoms with Crippen molar-refractivity contribution < 1.29 is 77.6 Å². The Morgan fingerprint density at radius 3 is 1.66 bits per heavy atom. The summed E-state index contributed by atoms with van der Waals surface area (Å²) in [6, 6.07) is 7.23. The largest absolute Gasteiger partial charge is 0.481 e. The molecule has 3 aromatic rings. The van der Waals surface area contributed by atoms with Crippen LogP contribution in [-0.2, 0) is 63.9 Å². The Morgan fingerprint density at radius 1 is 0.620 bits per heavy atom. The quantitative estimate of drug-likeness (QED) is 0.0163. The summed E-state index contributed by atoms with van der Waals surface area (Å²) in [7, 11) is 0. The molecule has 4 rings (SSSR count). The molecule has 0 saturated heterocycles. The van der Waals surface area contributed by atoms with Gasteiger partial charge in [-0.3, -0.25) is 52.9 Å². The van der Waals surface area contributed by atoms with E-state index in [0.717, 1.165) is 22.3 Å². The molecular formula is C49H64N14O16. The van der Waals surface area contributed by atoms with Crippen molar-refractivity contribution in [1.82, 2.24) is 57.8 Å². The van der Waals surface area contributed by atoms with E-state index in [-0.39, 0.29) is 62.3 Å². The molecule has 1 aliphatic carbocycles. The summed E-state index contributed by atoms with van der Waals surface area (Å²) in [5.74, 6) is -13.4. The van der Waals surface area contributed by atoms with Crippen LogP contribution in [0.3, 0.4) is 0 Å². The number of amides is 9. The van der Waals surface area contributed by atoms with Crippen LogP contribution >= 0.6 is 0 Å². The van der Waals surface area contributed by atoms with Gasteiger partial charge in [0.2, 0.25) is 47.3 Å². The first-order valence-electron chi connectivity index (χ1n) is 24.6. The number of ether oxygens (including phenoxy) is 1. The van der Waals surface area contributed by atoms with Crippen molar-refractivity contribution in [3.63, 3.8) is 0 Å². The van der Waals surface area contributed by atoms with Gasteiger partial charge in [0.1, 0.15) is 43.4 Å². The van der Waals surface area contributed by atoms with Gasteiger partial charge in [0.25, 0.3) is 0 Å². The van der Waals surface area contributed by atoms with Crippen LogP contribution in [0.4, 0.5) is 4.79 Å². The maximum Gasteiger partial charge on any atom is 0.407 e. The molecule has 0 saturated carbocycles. The van der Waals surface area contributed by atoms with Crippen LogP contribution in [-0.4, -0.2) is 172 Å². The minimum atomic E-state index is -1.83. The van der Waals surface area contributed by atoms with Gasteiger partial charge in [-0.1, -0.05) is 62.4 Å². The van der Waals surface area contributed by atoms with Crippen molar-refractivity contribution in [2.75, 3.05) is 39.3 Å². The topological polar surface area (TPSA) is 476 Å². The maximum absolute atomic E-state index is 13.9. The molecule has 5 atom stereocenters. The van der Waals surface area contributed by atoms with E-state index < -0.39 is 140 Å². The van der Waals surface area contributed by atoms with Gasteiger partial charge >= 0.3 is 24.0 Å². The fourth-order valence-electron chi connectivity index (χ4n) is 7.94. The monoisotopic (exact) mass is 1100 g/mol. The third-order valence-corrected chi connectivity index (χ3v) is 11.6. The number of benzene rings is 2. The number of carbonyl (C=O) groups excluding carboxylic acids is 9. The Labute approximate surface area is 450 Å². The number of imidazole rings is 1. The van der Waals surface area contributed by atoms with Crippen molar-refractivity contribution >= 4 is 77.2 Å². The fraction of sp³-hybridized carbons (Fsp3) is 0.429. The second kappa shape index (κ2) is 30.8. The SMILES string of the molecule is CC(C)CC(NC(=O)C(CC(=O)O)NC(=O)C(Cc1cnc[nH]1)NC(=O)C(CCCN=C(N)N)NC(=O)CNC(=O)C(CC(=O)O)NC(=O)CNC(=O)CNC(=O)CNC(=O)OCC1c2ccccc2-c2ccccc21)C(=O)O. The number of alkyl carbamates (subject to hydrolysis) is 1. The van der Waals surface area contributed by atoms with E-state index in [9.17, 15) is 72.9 Å². The number of aromatic amines is 1. The van der Waals surface area contributed by atoms with Gasteiger partial charge in [0.05, 0.1) is 38.8 Å². The van der Waals surface area contributed by atoms with Crippen LogP contribution in [0.25, 0.3) is 11.1 Å². The van der Waals surface area contributed by atoms with Crippen LogP contribution in [0.5, 0.6) is 0 Å². The molecule has 426 valence electrons. The van der Waals surface area contributed by atoms with Gasteiger partial charge in [0, 0.05) is 30.8 Å². The Kier molecular flexibility index (Phi) is 24.1.